The molecule has 0 aliphatic heterocycles. The van der Waals surface area contributed by atoms with Crippen LogP contribution in [0.3, 0.4) is 0 Å². The summed E-state index contributed by atoms with van der Waals surface area (Å²) >= 11 is 0. The number of ether oxygens (including phenoxy) is 1. The van der Waals surface area contributed by atoms with Crippen molar-refractivity contribution in [1.82, 2.24) is 0 Å². The van der Waals surface area contributed by atoms with Gasteiger partial charge in [-0.25, -0.2) is 8.42 Å². The summed E-state index contributed by atoms with van der Waals surface area (Å²) < 4.78 is 35.0. The van der Waals surface area contributed by atoms with Gasteiger partial charge in [-0.2, -0.15) is 0 Å². The molecule has 0 fully saturated rings. The van der Waals surface area contributed by atoms with Crippen LogP contribution in [0.4, 0.5) is 0 Å². The number of rotatable bonds is 10. The molecule has 0 saturated heterocycles. The van der Waals surface area contributed by atoms with Crippen molar-refractivity contribution in [1.29, 1.82) is 0 Å². The highest BCUT2D eigenvalue weighted by atomic mass is 32.2. The summed E-state index contributed by atoms with van der Waals surface area (Å²) in [5.41, 5.74) is 5.78. The van der Waals surface area contributed by atoms with E-state index in [1.807, 2.05) is 51.1 Å². The largest absolute Gasteiger partial charge is 0.488 e. The summed E-state index contributed by atoms with van der Waals surface area (Å²) in [6, 6.07) is 9.86. The molecule has 0 bridgehead atoms. The molecule has 3 aromatic rings. The Morgan fingerprint density at radius 3 is 2.47 bits per heavy atom. The third kappa shape index (κ3) is 6.13. The zero-order valence-corrected chi connectivity index (χ0v) is 19.8. The fourth-order valence-electron chi connectivity index (χ4n) is 3.89. The molecule has 7 heteroatoms. The van der Waals surface area contributed by atoms with E-state index in [0.29, 0.717) is 25.9 Å². The maximum Gasteiger partial charge on any atom is 0.303 e. The van der Waals surface area contributed by atoms with Crippen molar-refractivity contribution in [2.45, 2.75) is 53.1 Å². The van der Waals surface area contributed by atoms with E-state index in [4.69, 9.17) is 14.3 Å². The molecule has 0 aliphatic carbocycles. The Hall–Kier alpha value is -2.80. The van der Waals surface area contributed by atoms with E-state index >= 15 is 0 Å². The summed E-state index contributed by atoms with van der Waals surface area (Å²) in [6.45, 7) is 6.18. The topological polar surface area (TPSA) is 93.8 Å². The highest BCUT2D eigenvalue weighted by Crippen LogP contribution is 2.29. The van der Waals surface area contributed by atoms with E-state index in [0.717, 1.165) is 50.3 Å². The number of carboxylic acid groups (broad SMARTS) is 1. The van der Waals surface area contributed by atoms with Gasteiger partial charge in [-0.1, -0.05) is 6.07 Å². The number of carbonyl (C=O) groups is 1. The molecule has 0 amide bonds. The van der Waals surface area contributed by atoms with Gasteiger partial charge >= 0.3 is 5.97 Å². The second kappa shape index (κ2) is 9.77. The Morgan fingerprint density at radius 1 is 1.03 bits per heavy atom. The van der Waals surface area contributed by atoms with E-state index < -0.39 is 15.8 Å². The van der Waals surface area contributed by atoms with Crippen LogP contribution < -0.4 is 4.74 Å². The lowest BCUT2D eigenvalue weighted by atomic mass is 9.99. The van der Waals surface area contributed by atoms with Gasteiger partial charge in [0.15, 0.2) is 0 Å². The summed E-state index contributed by atoms with van der Waals surface area (Å²) in [5.74, 6) is 0.912. The van der Waals surface area contributed by atoms with Gasteiger partial charge in [0.25, 0.3) is 0 Å². The molecule has 0 unspecified atom stereocenters. The molecule has 1 aromatic heterocycles. The molecule has 6 nitrogen and oxygen atoms in total. The second-order valence-corrected chi connectivity index (χ2v) is 10.7. The quantitative estimate of drug-likeness (QED) is 0.463. The first-order valence-corrected chi connectivity index (χ1v) is 12.7. The number of aryl methyl sites for hydroxylation is 3. The van der Waals surface area contributed by atoms with Crippen molar-refractivity contribution >= 4 is 26.8 Å². The fraction of sp³-hybridized carbons (Fsp3) is 0.400. The van der Waals surface area contributed by atoms with Gasteiger partial charge in [-0.3, -0.25) is 4.79 Å². The smallest absolute Gasteiger partial charge is 0.303 e. The monoisotopic (exact) mass is 458 g/mol. The lowest BCUT2D eigenvalue weighted by Gasteiger charge is -2.15. The number of hydrogen-bond acceptors (Lipinski definition) is 5. The molecule has 3 rings (SSSR count). The van der Waals surface area contributed by atoms with Crippen molar-refractivity contribution in [3.8, 4) is 5.75 Å². The SMILES string of the molecule is Cc1cc2cc(CCCS(C)(=O)=O)cc(COc3ccc(CCC(=O)O)c(C)c3C)c2o1. The second-order valence-electron chi connectivity index (χ2n) is 8.42. The first-order valence-electron chi connectivity index (χ1n) is 10.7. The van der Waals surface area contributed by atoms with Gasteiger partial charge in [0.05, 0.1) is 5.75 Å². The molecule has 0 atom stereocenters. The number of sulfone groups is 1. The van der Waals surface area contributed by atoms with E-state index in [1.165, 1.54) is 6.26 Å². The van der Waals surface area contributed by atoms with Gasteiger partial charge < -0.3 is 14.3 Å². The number of aliphatic carboxylic acids is 1. The minimum absolute atomic E-state index is 0.0996. The summed E-state index contributed by atoms with van der Waals surface area (Å²) in [7, 11) is -2.99. The zero-order valence-electron chi connectivity index (χ0n) is 19.0. The molecular weight excluding hydrogens is 428 g/mol. The lowest BCUT2D eigenvalue weighted by molar-refractivity contribution is -0.136. The minimum Gasteiger partial charge on any atom is -0.488 e. The van der Waals surface area contributed by atoms with Crippen LogP contribution >= 0.6 is 0 Å². The molecule has 1 heterocycles. The molecule has 0 aliphatic rings. The normalized spacial score (nSPS) is 11.8. The van der Waals surface area contributed by atoms with Crippen molar-refractivity contribution in [3.05, 3.63) is 63.9 Å². The summed E-state index contributed by atoms with van der Waals surface area (Å²) in [4.78, 5) is 10.9. The predicted octanol–water partition coefficient (Wildman–Crippen LogP) is 4.93. The molecule has 1 N–H and O–H groups in total. The zero-order chi connectivity index (χ0) is 23.5. The maximum atomic E-state index is 11.5. The summed E-state index contributed by atoms with van der Waals surface area (Å²) in [5, 5.41) is 9.92. The van der Waals surface area contributed by atoms with E-state index in [9.17, 15) is 13.2 Å². The van der Waals surface area contributed by atoms with Crippen molar-refractivity contribution in [2.24, 2.45) is 0 Å². The Kier molecular flexibility index (Phi) is 7.29. The molecule has 172 valence electrons. The van der Waals surface area contributed by atoms with Crippen LogP contribution in [0.25, 0.3) is 11.0 Å². The number of benzene rings is 2. The Bertz CT molecular complexity index is 1240. The van der Waals surface area contributed by atoms with Crippen LogP contribution in [0, 0.1) is 20.8 Å². The average molecular weight is 459 g/mol. The van der Waals surface area contributed by atoms with Crippen molar-refractivity contribution < 1.29 is 27.5 Å². The maximum absolute atomic E-state index is 11.5. The fourth-order valence-corrected chi connectivity index (χ4v) is 4.56. The molecular formula is C25H30O6S. The number of hydrogen-bond donors (Lipinski definition) is 1. The van der Waals surface area contributed by atoms with Gasteiger partial charge in [0, 0.05) is 23.6 Å². The Balaban J connectivity index is 1.80. The van der Waals surface area contributed by atoms with Crippen LogP contribution in [0.2, 0.25) is 0 Å². The minimum atomic E-state index is -2.99. The molecule has 32 heavy (non-hydrogen) atoms. The van der Waals surface area contributed by atoms with Gasteiger partial charge in [-0.05, 0) is 86.6 Å². The average Bonchev–Trinajstić information content (AvgIpc) is 3.07. The first-order chi connectivity index (χ1) is 15.0. The van der Waals surface area contributed by atoms with Crippen LogP contribution in [-0.4, -0.2) is 31.5 Å². The predicted molar refractivity (Wildman–Crippen MR) is 125 cm³/mol. The number of fused-ring (bicyclic) bond motifs is 1. The molecule has 0 spiro atoms. The molecule has 2 aromatic carbocycles. The standard InChI is InChI=1S/C25H30O6S/c1-16-12-21-13-19(6-5-11-32(4,28)29)14-22(25(21)31-16)15-30-23-9-7-20(8-10-24(26)27)17(2)18(23)3/h7,9,12-14H,5-6,8,10-11,15H2,1-4H3,(H,26,27). The lowest BCUT2D eigenvalue weighted by Crippen LogP contribution is -2.05. The van der Waals surface area contributed by atoms with Crippen LogP contribution in [0.5, 0.6) is 5.75 Å². The van der Waals surface area contributed by atoms with Gasteiger partial charge in [0.2, 0.25) is 0 Å². The van der Waals surface area contributed by atoms with Gasteiger partial charge in [0.1, 0.15) is 33.5 Å². The third-order valence-corrected chi connectivity index (χ3v) is 6.73. The van der Waals surface area contributed by atoms with E-state index in [1.54, 1.807) is 0 Å². The van der Waals surface area contributed by atoms with Crippen LogP contribution in [-0.2, 0) is 34.1 Å². The highest BCUT2D eigenvalue weighted by molar-refractivity contribution is 7.90. The van der Waals surface area contributed by atoms with E-state index in [-0.39, 0.29) is 12.2 Å². The Labute approximate surface area is 189 Å². The van der Waals surface area contributed by atoms with Crippen molar-refractivity contribution in [2.75, 3.05) is 12.0 Å². The van der Waals surface area contributed by atoms with E-state index in [2.05, 4.69) is 0 Å². The third-order valence-electron chi connectivity index (χ3n) is 5.70. The molecule has 0 saturated carbocycles. The highest BCUT2D eigenvalue weighted by Gasteiger charge is 2.13. The van der Waals surface area contributed by atoms with Crippen LogP contribution in [0.1, 0.15) is 46.4 Å². The number of furan rings is 1. The first kappa shape index (κ1) is 23.9. The Morgan fingerprint density at radius 2 is 1.78 bits per heavy atom. The van der Waals surface area contributed by atoms with Crippen molar-refractivity contribution in [3.63, 3.8) is 0 Å². The van der Waals surface area contributed by atoms with Crippen LogP contribution in [0.15, 0.2) is 34.7 Å². The molecule has 0 radical (unpaired) electrons. The van der Waals surface area contributed by atoms with Gasteiger partial charge in [-0.15, -0.1) is 0 Å². The number of carboxylic acids is 1. The summed E-state index contributed by atoms with van der Waals surface area (Å²) in [6.07, 6.45) is 3.08.